The zero-order valence-electron chi connectivity index (χ0n) is 11.8. The lowest BCUT2D eigenvalue weighted by Gasteiger charge is -2.24. The van der Waals surface area contributed by atoms with Crippen molar-refractivity contribution in [3.05, 3.63) is 22.4 Å². The fourth-order valence-electron chi connectivity index (χ4n) is 2.41. The van der Waals surface area contributed by atoms with Crippen LogP contribution < -0.4 is 5.73 Å². The van der Waals surface area contributed by atoms with Crippen molar-refractivity contribution < 1.29 is 9.53 Å². The summed E-state index contributed by atoms with van der Waals surface area (Å²) < 4.78 is 5.43. The molecule has 1 amide bonds. The van der Waals surface area contributed by atoms with Crippen molar-refractivity contribution in [3.63, 3.8) is 0 Å². The summed E-state index contributed by atoms with van der Waals surface area (Å²) in [6.07, 6.45) is -0.231. The van der Waals surface area contributed by atoms with E-state index in [9.17, 15) is 4.79 Å². The summed E-state index contributed by atoms with van der Waals surface area (Å²) in [5, 5.41) is 2.07. The quantitative estimate of drug-likeness (QED) is 0.907. The van der Waals surface area contributed by atoms with Crippen LogP contribution in [0.4, 0.5) is 4.79 Å². The lowest BCUT2D eigenvalue weighted by atomic mass is 9.95. The second-order valence-electron chi connectivity index (χ2n) is 6.00. The fraction of sp³-hybridized carbons (Fsp3) is 0.643. The number of nitrogens with zero attached hydrogens (tertiary/aromatic N) is 1. The SMILES string of the molecule is CC(C)(C)OC(=O)N1CC(CN)C(c2cccs2)C1. The van der Waals surface area contributed by atoms with Gasteiger partial charge in [0, 0.05) is 23.9 Å². The molecule has 0 bridgehead atoms. The van der Waals surface area contributed by atoms with Gasteiger partial charge >= 0.3 is 6.09 Å². The molecule has 1 saturated heterocycles. The van der Waals surface area contributed by atoms with Crippen molar-refractivity contribution in [2.75, 3.05) is 19.6 Å². The van der Waals surface area contributed by atoms with E-state index in [1.807, 2.05) is 26.8 Å². The number of likely N-dealkylation sites (tertiary alicyclic amines) is 1. The lowest BCUT2D eigenvalue weighted by Crippen LogP contribution is -2.35. The van der Waals surface area contributed by atoms with Gasteiger partial charge in [-0.3, -0.25) is 0 Å². The molecule has 0 aromatic carbocycles. The van der Waals surface area contributed by atoms with Crippen LogP contribution in [-0.2, 0) is 4.74 Å². The van der Waals surface area contributed by atoms with E-state index in [1.54, 1.807) is 16.2 Å². The van der Waals surface area contributed by atoms with E-state index in [2.05, 4.69) is 11.4 Å². The molecule has 106 valence electrons. The Morgan fingerprint density at radius 2 is 2.26 bits per heavy atom. The maximum atomic E-state index is 12.1. The largest absolute Gasteiger partial charge is 0.444 e. The lowest BCUT2D eigenvalue weighted by molar-refractivity contribution is 0.0287. The molecule has 5 heteroatoms. The molecule has 2 rings (SSSR count). The highest BCUT2D eigenvalue weighted by Gasteiger charge is 2.37. The Kier molecular flexibility index (Phi) is 4.16. The van der Waals surface area contributed by atoms with Gasteiger partial charge in [0.05, 0.1) is 0 Å². The molecule has 1 aliphatic rings. The average Bonchev–Trinajstić information content (AvgIpc) is 2.95. The summed E-state index contributed by atoms with van der Waals surface area (Å²) in [6, 6.07) is 4.17. The van der Waals surface area contributed by atoms with E-state index in [-0.39, 0.29) is 6.09 Å². The summed E-state index contributed by atoms with van der Waals surface area (Å²) in [6.45, 7) is 7.65. The number of carbonyl (C=O) groups is 1. The first kappa shape index (κ1) is 14.3. The van der Waals surface area contributed by atoms with Crippen LogP contribution in [0.2, 0.25) is 0 Å². The number of ether oxygens (including phenoxy) is 1. The molecule has 1 aromatic rings. The van der Waals surface area contributed by atoms with Crippen LogP contribution in [0.3, 0.4) is 0 Å². The Hall–Kier alpha value is -1.07. The fourth-order valence-corrected chi connectivity index (χ4v) is 3.32. The average molecular weight is 282 g/mol. The van der Waals surface area contributed by atoms with Gasteiger partial charge in [0.1, 0.15) is 5.60 Å². The van der Waals surface area contributed by atoms with Gasteiger partial charge in [-0.25, -0.2) is 4.79 Å². The Morgan fingerprint density at radius 1 is 1.53 bits per heavy atom. The molecule has 0 saturated carbocycles. The number of hydrogen-bond acceptors (Lipinski definition) is 4. The highest BCUT2D eigenvalue weighted by Crippen LogP contribution is 2.35. The Balaban J connectivity index is 2.05. The summed E-state index contributed by atoms with van der Waals surface area (Å²) >= 11 is 1.73. The molecule has 0 aliphatic carbocycles. The Morgan fingerprint density at radius 3 is 2.79 bits per heavy atom. The van der Waals surface area contributed by atoms with Crippen LogP contribution >= 0.6 is 11.3 Å². The predicted octanol–water partition coefficient (Wildman–Crippen LogP) is 2.66. The van der Waals surface area contributed by atoms with Crippen molar-refractivity contribution in [1.29, 1.82) is 0 Å². The van der Waals surface area contributed by atoms with Crippen molar-refractivity contribution in [1.82, 2.24) is 4.90 Å². The van der Waals surface area contributed by atoms with Crippen molar-refractivity contribution in [3.8, 4) is 0 Å². The van der Waals surface area contributed by atoms with Gasteiger partial charge < -0.3 is 15.4 Å². The third kappa shape index (κ3) is 3.48. The molecular weight excluding hydrogens is 260 g/mol. The number of amides is 1. The zero-order chi connectivity index (χ0) is 14.0. The Labute approximate surface area is 118 Å². The van der Waals surface area contributed by atoms with E-state index in [4.69, 9.17) is 10.5 Å². The van der Waals surface area contributed by atoms with Crippen LogP contribution in [0.5, 0.6) is 0 Å². The van der Waals surface area contributed by atoms with Gasteiger partial charge in [0.15, 0.2) is 0 Å². The summed E-state index contributed by atoms with van der Waals surface area (Å²) in [5.41, 5.74) is 5.40. The van der Waals surface area contributed by atoms with E-state index in [0.717, 1.165) is 0 Å². The van der Waals surface area contributed by atoms with E-state index < -0.39 is 5.60 Å². The normalized spacial score (nSPS) is 23.7. The van der Waals surface area contributed by atoms with E-state index in [0.29, 0.717) is 31.5 Å². The van der Waals surface area contributed by atoms with Gasteiger partial charge in [-0.1, -0.05) is 6.07 Å². The number of hydrogen-bond donors (Lipinski definition) is 1. The van der Waals surface area contributed by atoms with Crippen LogP contribution in [0.25, 0.3) is 0 Å². The van der Waals surface area contributed by atoms with Gasteiger partial charge in [-0.05, 0) is 44.7 Å². The number of thiophene rings is 1. The maximum Gasteiger partial charge on any atom is 0.410 e. The topological polar surface area (TPSA) is 55.6 Å². The maximum absolute atomic E-state index is 12.1. The van der Waals surface area contributed by atoms with Crippen LogP contribution in [0.1, 0.15) is 31.6 Å². The molecule has 2 atom stereocenters. The molecule has 1 aromatic heterocycles. The highest BCUT2D eigenvalue weighted by molar-refractivity contribution is 7.10. The van der Waals surface area contributed by atoms with E-state index in [1.165, 1.54) is 4.88 Å². The molecule has 1 aliphatic heterocycles. The number of rotatable bonds is 2. The minimum atomic E-state index is -0.448. The molecule has 0 radical (unpaired) electrons. The first-order valence-corrected chi connectivity index (χ1v) is 7.50. The summed E-state index contributed by atoms with van der Waals surface area (Å²) in [4.78, 5) is 15.2. The van der Waals surface area contributed by atoms with E-state index >= 15 is 0 Å². The second-order valence-corrected chi connectivity index (χ2v) is 6.98. The molecule has 19 heavy (non-hydrogen) atoms. The summed E-state index contributed by atoms with van der Waals surface area (Å²) in [7, 11) is 0. The van der Waals surface area contributed by atoms with Crippen molar-refractivity contribution >= 4 is 17.4 Å². The van der Waals surface area contributed by atoms with Gasteiger partial charge in [-0.2, -0.15) is 0 Å². The minimum absolute atomic E-state index is 0.231. The van der Waals surface area contributed by atoms with Gasteiger partial charge in [0.2, 0.25) is 0 Å². The van der Waals surface area contributed by atoms with Crippen molar-refractivity contribution in [2.24, 2.45) is 11.7 Å². The molecule has 1 fully saturated rings. The smallest absolute Gasteiger partial charge is 0.410 e. The van der Waals surface area contributed by atoms with Crippen LogP contribution in [-0.4, -0.2) is 36.2 Å². The van der Waals surface area contributed by atoms with Gasteiger partial charge in [-0.15, -0.1) is 11.3 Å². The molecule has 4 nitrogen and oxygen atoms in total. The van der Waals surface area contributed by atoms with Crippen LogP contribution in [0.15, 0.2) is 17.5 Å². The second kappa shape index (κ2) is 5.51. The predicted molar refractivity (Wildman–Crippen MR) is 77.4 cm³/mol. The molecular formula is C14H22N2O2S. The van der Waals surface area contributed by atoms with Crippen molar-refractivity contribution in [2.45, 2.75) is 32.3 Å². The monoisotopic (exact) mass is 282 g/mol. The molecule has 2 unspecified atom stereocenters. The first-order valence-electron chi connectivity index (χ1n) is 6.62. The van der Waals surface area contributed by atoms with Gasteiger partial charge in [0.25, 0.3) is 0 Å². The third-order valence-electron chi connectivity index (χ3n) is 3.30. The zero-order valence-corrected chi connectivity index (χ0v) is 12.6. The highest BCUT2D eigenvalue weighted by atomic mass is 32.1. The third-order valence-corrected chi connectivity index (χ3v) is 4.31. The Bertz CT molecular complexity index is 425. The first-order chi connectivity index (χ1) is 8.90. The summed E-state index contributed by atoms with van der Waals surface area (Å²) in [5.74, 6) is 0.670. The molecule has 0 spiro atoms. The standard InChI is InChI=1S/C14H22N2O2S/c1-14(2,3)18-13(17)16-8-10(7-15)11(9-16)12-5-4-6-19-12/h4-6,10-11H,7-9,15H2,1-3H3. The minimum Gasteiger partial charge on any atom is -0.444 e. The van der Waals surface area contributed by atoms with Crippen LogP contribution in [0, 0.1) is 5.92 Å². The number of carbonyl (C=O) groups excluding carboxylic acids is 1. The molecule has 2 N–H and O–H groups in total. The molecule has 2 heterocycles. The number of nitrogens with two attached hydrogens (primary N) is 1.